The first-order valence-electron chi connectivity index (χ1n) is 5.66. The zero-order chi connectivity index (χ0) is 13.6. The molecule has 0 aromatic carbocycles. The van der Waals surface area contributed by atoms with Crippen LogP contribution in [0.2, 0.25) is 0 Å². The van der Waals surface area contributed by atoms with Crippen molar-refractivity contribution in [3.05, 3.63) is 0 Å². The maximum absolute atomic E-state index is 12.3. The Kier molecular flexibility index (Phi) is 3.07. The van der Waals surface area contributed by atoms with Crippen LogP contribution in [0.1, 0.15) is 41.0 Å². The van der Waals surface area contributed by atoms with Gasteiger partial charge in [0.05, 0.1) is 5.41 Å². The van der Waals surface area contributed by atoms with Gasteiger partial charge in [0.2, 0.25) is 11.8 Å². The van der Waals surface area contributed by atoms with Gasteiger partial charge in [0.1, 0.15) is 5.54 Å². The number of carboxylic acid groups (broad SMARTS) is 1. The standard InChI is InChI=1S/C12H19NO4/c1-7(2)12(5)6-8(14)13(9(12)15)11(3,4)10(16)17/h7H,6H2,1-5H3,(H,16,17). The van der Waals surface area contributed by atoms with Gasteiger partial charge in [0, 0.05) is 6.42 Å². The molecule has 1 rings (SSSR count). The molecule has 1 unspecified atom stereocenters. The van der Waals surface area contributed by atoms with Gasteiger partial charge in [-0.2, -0.15) is 0 Å². The van der Waals surface area contributed by atoms with Gasteiger partial charge in [0.15, 0.2) is 0 Å². The van der Waals surface area contributed by atoms with Crippen molar-refractivity contribution in [3.8, 4) is 0 Å². The third-order valence-electron chi connectivity index (χ3n) is 3.82. The fourth-order valence-electron chi connectivity index (χ4n) is 1.95. The molecular formula is C12H19NO4. The van der Waals surface area contributed by atoms with E-state index in [9.17, 15) is 14.4 Å². The lowest BCUT2D eigenvalue weighted by molar-refractivity contribution is -0.162. The number of carbonyl (C=O) groups excluding carboxylic acids is 2. The lowest BCUT2D eigenvalue weighted by atomic mass is 9.77. The van der Waals surface area contributed by atoms with Crippen molar-refractivity contribution in [3.63, 3.8) is 0 Å². The van der Waals surface area contributed by atoms with E-state index in [1.54, 1.807) is 6.92 Å². The van der Waals surface area contributed by atoms with Crippen molar-refractivity contribution in [1.29, 1.82) is 0 Å². The summed E-state index contributed by atoms with van der Waals surface area (Å²) in [5, 5.41) is 9.10. The summed E-state index contributed by atoms with van der Waals surface area (Å²) in [7, 11) is 0. The molecule has 1 aliphatic rings. The van der Waals surface area contributed by atoms with Crippen LogP contribution in [-0.4, -0.2) is 33.3 Å². The van der Waals surface area contributed by atoms with E-state index in [0.717, 1.165) is 4.90 Å². The third kappa shape index (κ3) is 1.83. The highest BCUT2D eigenvalue weighted by atomic mass is 16.4. The highest BCUT2D eigenvalue weighted by Crippen LogP contribution is 2.41. The molecular weight excluding hydrogens is 222 g/mol. The minimum atomic E-state index is -1.49. The minimum Gasteiger partial charge on any atom is -0.480 e. The first-order chi connectivity index (χ1) is 7.55. The molecule has 0 aromatic heterocycles. The van der Waals surface area contributed by atoms with Gasteiger partial charge < -0.3 is 5.11 Å². The van der Waals surface area contributed by atoms with Crippen LogP contribution < -0.4 is 0 Å². The molecule has 17 heavy (non-hydrogen) atoms. The summed E-state index contributed by atoms with van der Waals surface area (Å²) in [6.45, 7) is 8.19. The smallest absolute Gasteiger partial charge is 0.329 e. The molecule has 0 aromatic rings. The Morgan fingerprint density at radius 1 is 1.41 bits per heavy atom. The second kappa shape index (κ2) is 3.82. The zero-order valence-corrected chi connectivity index (χ0v) is 10.9. The van der Waals surface area contributed by atoms with Crippen LogP contribution in [0.25, 0.3) is 0 Å². The van der Waals surface area contributed by atoms with Crippen molar-refractivity contribution in [2.45, 2.75) is 46.6 Å². The molecule has 0 bridgehead atoms. The molecule has 1 aliphatic heterocycles. The van der Waals surface area contributed by atoms with E-state index >= 15 is 0 Å². The summed E-state index contributed by atoms with van der Waals surface area (Å²) in [6.07, 6.45) is 0.0835. The van der Waals surface area contributed by atoms with Crippen molar-refractivity contribution in [1.82, 2.24) is 4.90 Å². The molecule has 0 radical (unpaired) electrons. The second-order valence-electron chi connectivity index (χ2n) is 5.65. The van der Waals surface area contributed by atoms with Crippen LogP contribution in [-0.2, 0) is 14.4 Å². The molecule has 1 N–H and O–H groups in total. The molecule has 1 heterocycles. The SMILES string of the molecule is CC(C)C1(C)CC(=O)N(C(C)(C)C(=O)O)C1=O. The number of hydrogen-bond acceptors (Lipinski definition) is 3. The number of amides is 2. The number of hydrogen-bond donors (Lipinski definition) is 1. The van der Waals surface area contributed by atoms with Gasteiger partial charge in [-0.1, -0.05) is 13.8 Å². The second-order valence-corrected chi connectivity index (χ2v) is 5.65. The van der Waals surface area contributed by atoms with Crippen LogP contribution >= 0.6 is 0 Å². The zero-order valence-electron chi connectivity index (χ0n) is 10.9. The number of aliphatic carboxylic acids is 1. The van der Waals surface area contributed by atoms with Crippen molar-refractivity contribution >= 4 is 17.8 Å². The summed E-state index contributed by atoms with van der Waals surface area (Å²) >= 11 is 0. The minimum absolute atomic E-state index is 0.00598. The first kappa shape index (κ1) is 13.7. The summed E-state index contributed by atoms with van der Waals surface area (Å²) in [6, 6.07) is 0. The van der Waals surface area contributed by atoms with Crippen LogP contribution in [0.15, 0.2) is 0 Å². The Morgan fingerprint density at radius 3 is 2.18 bits per heavy atom. The molecule has 1 fully saturated rings. The third-order valence-corrected chi connectivity index (χ3v) is 3.82. The number of imide groups is 1. The van der Waals surface area contributed by atoms with Crippen LogP contribution in [0.3, 0.4) is 0 Å². The van der Waals surface area contributed by atoms with E-state index in [1.165, 1.54) is 13.8 Å². The number of rotatable bonds is 3. The predicted molar refractivity (Wildman–Crippen MR) is 61.1 cm³/mol. The molecule has 96 valence electrons. The number of nitrogens with zero attached hydrogens (tertiary/aromatic N) is 1. The van der Waals surface area contributed by atoms with Crippen molar-refractivity contribution in [2.24, 2.45) is 11.3 Å². The first-order valence-corrected chi connectivity index (χ1v) is 5.66. The lowest BCUT2D eigenvalue weighted by Crippen LogP contribution is -2.54. The number of carbonyl (C=O) groups is 3. The maximum atomic E-state index is 12.3. The number of carboxylic acids is 1. The van der Waals surface area contributed by atoms with E-state index in [1.807, 2.05) is 13.8 Å². The molecule has 5 heteroatoms. The van der Waals surface area contributed by atoms with Crippen LogP contribution in [0.5, 0.6) is 0 Å². The van der Waals surface area contributed by atoms with Gasteiger partial charge in [-0.25, -0.2) is 4.79 Å². The summed E-state index contributed by atoms with van der Waals surface area (Å²) in [5.41, 5.74) is -2.27. The Balaban J connectivity index is 3.19. The van der Waals surface area contributed by atoms with Gasteiger partial charge >= 0.3 is 5.97 Å². The van der Waals surface area contributed by atoms with Crippen molar-refractivity contribution < 1.29 is 19.5 Å². The fourth-order valence-corrected chi connectivity index (χ4v) is 1.95. The largest absolute Gasteiger partial charge is 0.480 e. The fraction of sp³-hybridized carbons (Fsp3) is 0.750. The summed E-state index contributed by atoms with van der Waals surface area (Å²) < 4.78 is 0. The monoisotopic (exact) mass is 241 g/mol. The Bertz CT molecular complexity index is 386. The Morgan fingerprint density at radius 2 is 1.88 bits per heavy atom. The van der Waals surface area contributed by atoms with E-state index in [2.05, 4.69) is 0 Å². The highest BCUT2D eigenvalue weighted by Gasteiger charge is 2.56. The maximum Gasteiger partial charge on any atom is 0.329 e. The normalized spacial score (nSPS) is 25.9. The lowest BCUT2D eigenvalue weighted by Gasteiger charge is -2.32. The summed E-state index contributed by atoms with van der Waals surface area (Å²) in [5.74, 6) is -1.97. The Hall–Kier alpha value is -1.39. The van der Waals surface area contributed by atoms with E-state index in [4.69, 9.17) is 5.11 Å². The van der Waals surface area contributed by atoms with Gasteiger partial charge in [-0.15, -0.1) is 0 Å². The van der Waals surface area contributed by atoms with E-state index < -0.39 is 22.8 Å². The molecule has 1 atom stereocenters. The molecule has 0 spiro atoms. The van der Waals surface area contributed by atoms with E-state index in [0.29, 0.717) is 0 Å². The quantitative estimate of drug-likeness (QED) is 0.755. The Labute approximate surface area is 101 Å². The molecule has 2 amide bonds. The van der Waals surface area contributed by atoms with Gasteiger partial charge in [0.25, 0.3) is 0 Å². The number of likely N-dealkylation sites (tertiary alicyclic amines) is 1. The van der Waals surface area contributed by atoms with Crippen molar-refractivity contribution in [2.75, 3.05) is 0 Å². The summed E-state index contributed by atoms with van der Waals surface area (Å²) in [4.78, 5) is 36.2. The van der Waals surface area contributed by atoms with E-state index in [-0.39, 0.29) is 18.2 Å². The van der Waals surface area contributed by atoms with Gasteiger partial charge in [-0.3, -0.25) is 14.5 Å². The average molecular weight is 241 g/mol. The van der Waals surface area contributed by atoms with Crippen LogP contribution in [0.4, 0.5) is 0 Å². The topological polar surface area (TPSA) is 74.7 Å². The molecule has 5 nitrogen and oxygen atoms in total. The average Bonchev–Trinajstić information content (AvgIpc) is 2.38. The predicted octanol–water partition coefficient (Wildman–Crippen LogP) is 1.27. The molecule has 0 saturated carbocycles. The highest BCUT2D eigenvalue weighted by molar-refractivity contribution is 6.09. The van der Waals surface area contributed by atoms with Crippen LogP contribution in [0, 0.1) is 11.3 Å². The molecule has 1 saturated heterocycles. The molecule has 0 aliphatic carbocycles. The van der Waals surface area contributed by atoms with Gasteiger partial charge in [-0.05, 0) is 26.7 Å².